The number of furan rings is 1. The molecule has 4 aromatic rings. The van der Waals surface area contributed by atoms with Crippen LogP contribution in [0, 0.1) is 5.92 Å². The molecule has 1 aliphatic heterocycles. The number of hydrogen-bond donors (Lipinski definition) is 0. The van der Waals surface area contributed by atoms with Gasteiger partial charge in [-0.1, -0.05) is 0 Å². The molecule has 0 N–H and O–H groups in total. The normalized spacial score (nSPS) is 14.4. The average Bonchev–Trinajstić information content (AvgIpc) is 3.68. The van der Waals surface area contributed by atoms with Crippen LogP contribution >= 0.6 is 0 Å². The molecule has 10 nitrogen and oxygen atoms in total. The lowest BCUT2D eigenvalue weighted by molar-refractivity contribution is -0.147. The molecule has 5 rings (SSSR count). The number of benzene rings is 3. The zero-order valence-electron chi connectivity index (χ0n) is 22.0. The fraction of sp³-hybridized carbons (Fsp3) is 0.161. The van der Waals surface area contributed by atoms with Gasteiger partial charge in [0.15, 0.2) is 12.4 Å². The molecular weight excluding hydrogens is 530 g/mol. The molecule has 41 heavy (non-hydrogen) atoms. The summed E-state index contributed by atoms with van der Waals surface area (Å²) < 4.78 is 26.4. The monoisotopic (exact) mass is 555 g/mol. The molecule has 3 aromatic carbocycles. The van der Waals surface area contributed by atoms with E-state index in [9.17, 15) is 19.2 Å². The number of esters is 2. The topological polar surface area (TPSA) is 122 Å². The van der Waals surface area contributed by atoms with Gasteiger partial charge in [-0.05, 0) is 84.9 Å². The van der Waals surface area contributed by atoms with Gasteiger partial charge >= 0.3 is 11.9 Å². The molecule has 208 valence electrons. The summed E-state index contributed by atoms with van der Waals surface area (Å²) in [5.41, 5.74) is 0.896. The minimum absolute atomic E-state index is 0.0210. The van der Waals surface area contributed by atoms with Gasteiger partial charge in [-0.15, -0.1) is 0 Å². The Morgan fingerprint density at radius 3 is 2.12 bits per heavy atom. The molecule has 1 amide bonds. The Hall–Kier alpha value is -5.38. The van der Waals surface area contributed by atoms with E-state index in [0.717, 1.165) is 5.75 Å². The van der Waals surface area contributed by atoms with Crippen LogP contribution in [0.25, 0.3) is 0 Å². The highest BCUT2D eigenvalue weighted by molar-refractivity contribution is 6.01. The molecule has 1 atom stereocenters. The summed E-state index contributed by atoms with van der Waals surface area (Å²) in [5, 5.41) is 0. The molecule has 0 spiro atoms. The Morgan fingerprint density at radius 1 is 0.854 bits per heavy atom. The molecule has 1 aliphatic rings. The summed E-state index contributed by atoms with van der Waals surface area (Å²) in [7, 11) is 1.59. The fourth-order valence-corrected chi connectivity index (χ4v) is 4.19. The van der Waals surface area contributed by atoms with Crippen molar-refractivity contribution in [3.8, 4) is 23.0 Å². The number of methoxy groups -OCH3 is 1. The third-order valence-corrected chi connectivity index (χ3v) is 6.36. The lowest BCUT2D eigenvalue weighted by atomic mass is 10.1. The number of ketones is 1. The van der Waals surface area contributed by atoms with Gasteiger partial charge in [-0.25, -0.2) is 4.79 Å². The smallest absolute Gasteiger partial charge is 0.379 e. The van der Waals surface area contributed by atoms with Crippen LogP contribution in [0.4, 0.5) is 5.69 Å². The van der Waals surface area contributed by atoms with Crippen molar-refractivity contribution >= 4 is 29.3 Å². The molecule has 0 saturated carbocycles. The highest BCUT2D eigenvalue weighted by atomic mass is 16.5. The van der Waals surface area contributed by atoms with E-state index in [1.807, 2.05) is 0 Å². The van der Waals surface area contributed by atoms with Gasteiger partial charge < -0.3 is 28.3 Å². The van der Waals surface area contributed by atoms with Crippen LogP contribution in [0.2, 0.25) is 0 Å². The summed E-state index contributed by atoms with van der Waals surface area (Å²) >= 11 is 0. The van der Waals surface area contributed by atoms with Crippen LogP contribution < -0.4 is 19.1 Å². The zero-order chi connectivity index (χ0) is 28.8. The SMILES string of the molecule is COc1ccc(Oc2ccc(N3C[C@@H](C(=O)OCC(=O)c4ccc(OC(=O)c5ccco5)cc4)CC3=O)cc2)cc1. The molecule has 0 radical (unpaired) electrons. The number of amides is 1. The summed E-state index contributed by atoms with van der Waals surface area (Å²) in [6, 6.07) is 23.0. The van der Waals surface area contributed by atoms with Crippen molar-refractivity contribution in [1.29, 1.82) is 0 Å². The van der Waals surface area contributed by atoms with Gasteiger partial charge in [0.1, 0.15) is 23.0 Å². The summed E-state index contributed by atoms with van der Waals surface area (Å²) in [4.78, 5) is 51.3. The lowest BCUT2D eigenvalue weighted by Crippen LogP contribution is -2.27. The predicted octanol–water partition coefficient (Wildman–Crippen LogP) is 5.08. The first-order valence-electron chi connectivity index (χ1n) is 12.7. The molecule has 10 heteroatoms. The van der Waals surface area contributed by atoms with Crippen LogP contribution in [0.3, 0.4) is 0 Å². The van der Waals surface area contributed by atoms with E-state index in [1.165, 1.54) is 41.5 Å². The molecule has 1 fully saturated rings. The number of anilines is 1. The number of hydrogen-bond acceptors (Lipinski definition) is 9. The molecule has 1 saturated heterocycles. The maximum Gasteiger partial charge on any atom is 0.379 e. The van der Waals surface area contributed by atoms with E-state index in [2.05, 4.69) is 0 Å². The quantitative estimate of drug-likeness (QED) is 0.150. The number of carbonyl (C=O) groups is 4. The highest BCUT2D eigenvalue weighted by Gasteiger charge is 2.36. The van der Waals surface area contributed by atoms with Crippen molar-refractivity contribution in [2.24, 2.45) is 5.92 Å². The van der Waals surface area contributed by atoms with E-state index < -0.39 is 30.2 Å². The largest absolute Gasteiger partial charge is 0.497 e. The van der Waals surface area contributed by atoms with Gasteiger partial charge in [0.25, 0.3) is 0 Å². The van der Waals surface area contributed by atoms with Crippen LogP contribution in [0.1, 0.15) is 27.3 Å². The van der Waals surface area contributed by atoms with Crippen molar-refractivity contribution in [3.05, 3.63) is 103 Å². The molecule has 0 unspecified atom stereocenters. The molecule has 0 bridgehead atoms. The Morgan fingerprint density at radius 2 is 1.49 bits per heavy atom. The second kappa shape index (κ2) is 12.2. The number of ether oxygens (including phenoxy) is 4. The van der Waals surface area contributed by atoms with E-state index >= 15 is 0 Å². The van der Waals surface area contributed by atoms with Gasteiger partial charge in [0.05, 0.1) is 19.3 Å². The summed E-state index contributed by atoms with van der Waals surface area (Å²) in [6.07, 6.45) is 1.34. The third-order valence-electron chi connectivity index (χ3n) is 6.36. The van der Waals surface area contributed by atoms with Gasteiger partial charge in [-0.3, -0.25) is 14.4 Å². The van der Waals surface area contributed by atoms with Crippen LogP contribution in [0.5, 0.6) is 23.0 Å². The first-order chi connectivity index (χ1) is 19.9. The average molecular weight is 556 g/mol. The Labute approximate surface area is 235 Å². The van der Waals surface area contributed by atoms with Gasteiger partial charge in [-0.2, -0.15) is 0 Å². The van der Waals surface area contributed by atoms with Crippen molar-refractivity contribution < 1.29 is 42.5 Å². The second-order valence-electron chi connectivity index (χ2n) is 9.10. The van der Waals surface area contributed by atoms with Crippen LogP contribution in [-0.2, 0) is 14.3 Å². The van der Waals surface area contributed by atoms with Crippen LogP contribution in [0.15, 0.2) is 95.6 Å². The number of carbonyl (C=O) groups excluding carboxylic acids is 4. The summed E-state index contributed by atoms with van der Waals surface area (Å²) in [6.45, 7) is -0.341. The second-order valence-corrected chi connectivity index (χ2v) is 9.10. The number of nitrogens with zero attached hydrogens (tertiary/aromatic N) is 1. The highest BCUT2D eigenvalue weighted by Crippen LogP contribution is 2.30. The van der Waals surface area contributed by atoms with E-state index in [1.54, 1.807) is 61.7 Å². The minimum Gasteiger partial charge on any atom is -0.497 e. The number of rotatable bonds is 10. The van der Waals surface area contributed by atoms with Crippen LogP contribution in [-0.4, -0.2) is 43.9 Å². The fourth-order valence-electron chi connectivity index (χ4n) is 4.19. The Balaban J connectivity index is 1.10. The first-order valence-corrected chi connectivity index (χ1v) is 12.7. The minimum atomic E-state index is -0.700. The molecular formula is C31H25NO9. The number of Topliss-reactive ketones (excluding diaryl/α,β-unsaturated/α-hetero) is 1. The Kier molecular flexibility index (Phi) is 8.10. The van der Waals surface area contributed by atoms with E-state index in [4.69, 9.17) is 23.4 Å². The maximum absolute atomic E-state index is 12.6. The predicted molar refractivity (Wildman–Crippen MR) is 145 cm³/mol. The standard InChI is InChI=1S/C31H25NO9/c1-37-23-12-14-25(15-13-23)40-24-10-6-22(7-11-24)32-18-21(17-29(32)34)30(35)39-19-27(33)20-4-8-26(9-5-20)41-31(36)28-3-2-16-38-28/h2-16,21H,17-19H2,1H3/t21-/m0/s1. The first kappa shape index (κ1) is 27.2. The molecule has 0 aliphatic carbocycles. The molecule has 1 aromatic heterocycles. The van der Waals surface area contributed by atoms with Crippen molar-refractivity contribution in [3.63, 3.8) is 0 Å². The molecule has 2 heterocycles. The zero-order valence-corrected chi connectivity index (χ0v) is 22.0. The van der Waals surface area contributed by atoms with Crippen molar-refractivity contribution in [1.82, 2.24) is 0 Å². The van der Waals surface area contributed by atoms with E-state index in [-0.39, 0.29) is 35.9 Å². The third kappa shape index (κ3) is 6.62. The summed E-state index contributed by atoms with van der Waals surface area (Å²) in [5.74, 6) is -0.425. The van der Waals surface area contributed by atoms with Gasteiger partial charge in [0.2, 0.25) is 11.7 Å². The lowest BCUT2D eigenvalue weighted by Gasteiger charge is -2.17. The van der Waals surface area contributed by atoms with Crippen molar-refractivity contribution in [2.75, 3.05) is 25.2 Å². The van der Waals surface area contributed by atoms with Crippen molar-refractivity contribution in [2.45, 2.75) is 6.42 Å². The van der Waals surface area contributed by atoms with E-state index in [0.29, 0.717) is 17.2 Å². The van der Waals surface area contributed by atoms with Gasteiger partial charge in [0, 0.05) is 24.2 Å². The maximum atomic E-state index is 12.6. The Bertz CT molecular complexity index is 1530.